The van der Waals surface area contributed by atoms with E-state index in [2.05, 4.69) is 57.3 Å². The van der Waals surface area contributed by atoms with Crippen LogP contribution in [0.15, 0.2) is 28.7 Å². The summed E-state index contributed by atoms with van der Waals surface area (Å²) in [6, 6.07) is 10.8. The summed E-state index contributed by atoms with van der Waals surface area (Å²) in [6.45, 7) is 4.89. The van der Waals surface area contributed by atoms with E-state index in [0.29, 0.717) is 12.1 Å². The van der Waals surface area contributed by atoms with Gasteiger partial charge in [-0.05, 0) is 49.9 Å². The molecule has 3 atom stereocenters. The van der Waals surface area contributed by atoms with Crippen LogP contribution in [0.4, 0.5) is 0 Å². The average molecular weight is 337 g/mol. The van der Waals surface area contributed by atoms with Gasteiger partial charge in [-0.25, -0.2) is 0 Å². The number of benzene rings is 1. The molecule has 0 radical (unpaired) electrons. The molecule has 0 aromatic heterocycles. The normalized spacial score (nSPS) is 28.3. The van der Waals surface area contributed by atoms with Crippen LogP contribution in [0.1, 0.15) is 50.6 Å². The quantitative estimate of drug-likeness (QED) is 0.889. The number of hydrogen-bond donors (Lipinski definition) is 1. The monoisotopic (exact) mass is 336 g/mol. The molecule has 2 aliphatic heterocycles. The molecule has 2 aliphatic rings. The molecule has 0 bridgehead atoms. The molecule has 2 fully saturated rings. The molecule has 20 heavy (non-hydrogen) atoms. The molecular weight excluding hydrogens is 312 g/mol. The Morgan fingerprint density at radius 2 is 2.00 bits per heavy atom. The first-order valence-electron chi connectivity index (χ1n) is 8.03. The van der Waals surface area contributed by atoms with Gasteiger partial charge in [-0.15, -0.1) is 0 Å². The fraction of sp³-hybridized carbons (Fsp3) is 0.647. The first-order chi connectivity index (χ1) is 9.78. The Bertz CT molecular complexity index is 431. The second-order valence-corrected chi connectivity index (χ2v) is 7.09. The van der Waals surface area contributed by atoms with E-state index >= 15 is 0 Å². The minimum atomic E-state index is 0.495. The summed E-state index contributed by atoms with van der Waals surface area (Å²) in [5, 5.41) is 3.94. The van der Waals surface area contributed by atoms with Gasteiger partial charge in [-0.1, -0.05) is 41.4 Å². The number of hydrogen-bond acceptors (Lipinski definition) is 2. The SMILES string of the molecule is CCC(NC1CCN2CCCCC12)c1ccc(Br)cc1. The molecule has 0 saturated carbocycles. The predicted molar refractivity (Wildman–Crippen MR) is 87.9 cm³/mol. The number of piperidine rings is 1. The zero-order chi connectivity index (χ0) is 13.9. The zero-order valence-corrected chi connectivity index (χ0v) is 13.9. The second kappa shape index (κ2) is 6.59. The highest BCUT2D eigenvalue weighted by atomic mass is 79.9. The Hall–Kier alpha value is -0.380. The fourth-order valence-electron chi connectivity index (χ4n) is 3.85. The van der Waals surface area contributed by atoms with Gasteiger partial charge in [0.25, 0.3) is 0 Å². The molecule has 3 rings (SSSR count). The lowest BCUT2D eigenvalue weighted by Gasteiger charge is -2.34. The standard InChI is InChI=1S/C17H25BrN2/c1-2-15(13-6-8-14(18)9-7-13)19-16-10-12-20-11-4-3-5-17(16)20/h6-9,15-17,19H,2-5,10-12H2,1H3. The third-order valence-corrected chi connectivity index (χ3v) is 5.48. The number of nitrogens with one attached hydrogen (secondary N) is 1. The molecule has 0 aliphatic carbocycles. The van der Waals surface area contributed by atoms with Gasteiger partial charge < -0.3 is 5.32 Å². The lowest BCUT2D eigenvalue weighted by atomic mass is 9.96. The van der Waals surface area contributed by atoms with E-state index in [0.717, 1.165) is 16.9 Å². The summed E-state index contributed by atoms with van der Waals surface area (Å²) in [5.41, 5.74) is 1.42. The van der Waals surface area contributed by atoms with Crippen molar-refractivity contribution in [1.29, 1.82) is 0 Å². The van der Waals surface area contributed by atoms with Crippen LogP contribution in [0.3, 0.4) is 0 Å². The molecule has 0 amide bonds. The average Bonchev–Trinajstić information content (AvgIpc) is 2.89. The molecule has 3 heteroatoms. The maximum Gasteiger partial charge on any atom is 0.0320 e. The van der Waals surface area contributed by atoms with Crippen LogP contribution in [0.2, 0.25) is 0 Å². The highest BCUT2D eigenvalue weighted by molar-refractivity contribution is 9.10. The van der Waals surface area contributed by atoms with Gasteiger partial charge in [-0.3, -0.25) is 4.90 Å². The van der Waals surface area contributed by atoms with Crippen molar-refractivity contribution >= 4 is 15.9 Å². The number of nitrogens with zero attached hydrogens (tertiary/aromatic N) is 1. The molecule has 1 aromatic rings. The van der Waals surface area contributed by atoms with Crippen LogP contribution >= 0.6 is 15.9 Å². The molecule has 3 unspecified atom stereocenters. The first kappa shape index (κ1) is 14.6. The van der Waals surface area contributed by atoms with Crippen molar-refractivity contribution in [3.63, 3.8) is 0 Å². The van der Waals surface area contributed by atoms with Gasteiger partial charge >= 0.3 is 0 Å². The Morgan fingerprint density at radius 3 is 2.75 bits per heavy atom. The Balaban J connectivity index is 1.67. The van der Waals surface area contributed by atoms with Crippen LogP contribution in [-0.4, -0.2) is 30.1 Å². The van der Waals surface area contributed by atoms with Gasteiger partial charge in [0, 0.05) is 29.1 Å². The second-order valence-electron chi connectivity index (χ2n) is 6.17. The van der Waals surface area contributed by atoms with Crippen molar-refractivity contribution in [2.24, 2.45) is 0 Å². The van der Waals surface area contributed by atoms with Gasteiger partial charge in [0.2, 0.25) is 0 Å². The van der Waals surface area contributed by atoms with Gasteiger partial charge in [0.1, 0.15) is 0 Å². The summed E-state index contributed by atoms with van der Waals surface area (Å²) >= 11 is 3.52. The highest BCUT2D eigenvalue weighted by Gasteiger charge is 2.36. The van der Waals surface area contributed by atoms with Gasteiger partial charge in [0.05, 0.1) is 0 Å². The van der Waals surface area contributed by atoms with Crippen LogP contribution in [0.5, 0.6) is 0 Å². The highest BCUT2D eigenvalue weighted by Crippen LogP contribution is 2.29. The Morgan fingerprint density at radius 1 is 1.20 bits per heavy atom. The maximum atomic E-state index is 3.94. The number of fused-ring (bicyclic) bond motifs is 1. The van der Waals surface area contributed by atoms with Crippen molar-refractivity contribution in [3.05, 3.63) is 34.3 Å². The van der Waals surface area contributed by atoms with E-state index in [-0.39, 0.29) is 0 Å². The summed E-state index contributed by atoms with van der Waals surface area (Å²) < 4.78 is 1.16. The Labute approximate surface area is 131 Å². The van der Waals surface area contributed by atoms with Crippen LogP contribution in [-0.2, 0) is 0 Å². The number of rotatable bonds is 4. The van der Waals surface area contributed by atoms with Crippen molar-refractivity contribution in [1.82, 2.24) is 10.2 Å². The topological polar surface area (TPSA) is 15.3 Å². The van der Waals surface area contributed by atoms with E-state index in [1.807, 2.05) is 0 Å². The molecular formula is C17H25BrN2. The van der Waals surface area contributed by atoms with Crippen molar-refractivity contribution in [3.8, 4) is 0 Å². The third kappa shape index (κ3) is 3.10. The molecule has 2 nitrogen and oxygen atoms in total. The minimum absolute atomic E-state index is 0.495. The van der Waals surface area contributed by atoms with E-state index < -0.39 is 0 Å². The molecule has 1 aromatic carbocycles. The van der Waals surface area contributed by atoms with Crippen molar-refractivity contribution < 1.29 is 0 Å². The van der Waals surface area contributed by atoms with Crippen LogP contribution < -0.4 is 5.32 Å². The van der Waals surface area contributed by atoms with E-state index in [9.17, 15) is 0 Å². The van der Waals surface area contributed by atoms with Crippen LogP contribution in [0.25, 0.3) is 0 Å². The molecule has 2 heterocycles. The van der Waals surface area contributed by atoms with Gasteiger partial charge in [0.15, 0.2) is 0 Å². The smallest absolute Gasteiger partial charge is 0.0320 e. The van der Waals surface area contributed by atoms with E-state index in [4.69, 9.17) is 0 Å². The largest absolute Gasteiger partial charge is 0.306 e. The summed E-state index contributed by atoms with van der Waals surface area (Å²) in [7, 11) is 0. The van der Waals surface area contributed by atoms with E-state index in [1.54, 1.807) is 0 Å². The first-order valence-corrected chi connectivity index (χ1v) is 8.83. The summed E-state index contributed by atoms with van der Waals surface area (Å²) in [4.78, 5) is 2.70. The Kier molecular flexibility index (Phi) is 4.79. The molecule has 110 valence electrons. The van der Waals surface area contributed by atoms with E-state index in [1.165, 1.54) is 44.3 Å². The summed E-state index contributed by atoms with van der Waals surface area (Å²) in [6.07, 6.45) is 6.67. The number of halogens is 1. The lowest BCUT2D eigenvalue weighted by Crippen LogP contribution is -2.45. The minimum Gasteiger partial charge on any atom is -0.306 e. The molecule has 1 N–H and O–H groups in total. The summed E-state index contributed by atoms with van der Waals surface area (Å²) in [5.74, 6) is 0. The fourth-order valence-corrected chi connectivity index (χ4v) is 4.11. The van der Waals surface area contributed by atoms with Crippen molar-refractivity contribution in [2.45, 2.75) is 57.2 Å². The molecule has 2 saturated heterocycles. The lowest BCUT2D eigenvalue weighted by molar-refractivity contribution is 0.176. The third-order valence-electron chi connectivity index (χ3n) is 4.95. The van der Waals surface area contributed by atoms with Gasteiger partial charge in [-0.2, -0.15) is 0 Å². The van der Waals surface area contributed by atoms with Crippen LogP contribution in [0, 0.1) is 0 Å². The van der Waals surface area contributed by atoms with Crippen molar-refractivity contribution in [2.75, 3.05) is 13.1 Å². The predicted octanol–water partition coefficient (Wildman–Crippen LogP) is 4.12. The maximum absolute atomic E-state index is 3.94. The molecule has 0 spiro atoms. The zero-order valence-electron chi connectivity index (χ0n) is 12.3.